The molecule has 1 aliphatic rings. The third-order valence-electron chi connectivity index (χ3n) is 2.34. The van der Waals surface area contributed by atoms with Gasteiger partial charge in [-0.2, -0.15) is 11.8 Å². The molecule has 0 radical (unpaired) electrons. The maximum absolute atomic E-state index is 6.14. The van der Waals surface area contributed by atoms with Crippen LogP contribution in [0.15, 0.2) is 0 Å². The average molecular weight is 387 g/mol. The highest BCUT2D eigenvalue weighted by atomic mass is 127. The summed E-state index contributed by atoms with van der Waals surface area (Å²) in [5.41, 5.74) is 1.08. The van der Waals surface area contributed by atoms with Crippen LogP contribution in [0.25, 0.3) is 0 Å². The summed E-state index contributed by atoms with van der Waals surface area (Å²) in [6.45, 7) is 2.10. The maximum Gasteiger partial charge on any atom is 0.146 e. The summed E-state index contributed by atoms with van der Waals surface area (Å²) in [6.07, 6.45) is 0.915. The van der Waals surface area contributed by atoms with Crippen molar-refractivity contribution in [1.29, 1.82) is 0 Å². The topological polar surface area (TPSA) is 25.8 Å². The number of rotatable bonds is 2. The van der Waals surface area contributed by atoms with Crippen LogP contribution in [0, 0.1) is 3.57 Å². The molecule has 2 heterocycles. The molecule has 1 fully saturated rings. The number of thioether (sulfide) groups is 2. The molecule has 1 saturated heterocycles. The lowest BCUT2D eigenvalue weighted by molar-refractivity contribution is 0.869. The number of halogens is 2. The molecule has 0 bridgehead atoms. The minimum absolute atomic E-state index is 0.415. The highest BCUT2D eigenvalue weighted by molar-refractivity contribution is 14.1. The second kappa shape index (κ2) is 6.11. The summed E-state index contributed by atoms with van der Waals surface area (Å²) >= 11 is 12.3. The van der Waals surface area contributed by atoms with Crippen molar-refractivity contribution in [2.75, 3.05) is 17.3 Å². The molecule has 0 spiro atoms. The Hall–Kier alpha value is 0.800. The lowest BCUT2D eigenvalue weighted by atomic mass is 10.3. The van der Waals surface area contributed by atoms with Crippen LogP contribution in [0.5, 0.6) is 0 Å². The van der Waals surface area contributed by atoms with Gasteiger partial charge in [0.2, 0.25) is 0 Å². The van der Waals surface area contributed by atoms with Crippen molar-refractivity contribution in [3.8, 4) is 0 Å². The van der Waals surface area contributed by atoms with E-state index in [9.17, 15) is 0 Å². The smallest absolute Gasteiger partial charge is 0.146 e. The number of hydrogen-bond acceptors (Lipinski definition) is 4. The van der Waals surface area contributed by atoms with E-state index in [4.69, 9.17) is 11.6 Å². The van der Waals surface area contributed by atoms with Crippen LogP contribution in [-0.4, -0.2) is 27.2 Å². The average Bonchev–Trinajstić information content (AvgIpc) is 2.33. The van der Waals surface area contributed by atoms with E-state index in [0.29, 0.717) is 10.4 Å². The third-order valence-corrected chi connectivity index (χ3v) is 6.81. The van der Waals surface area contributed by atoms with E-state index in [1.807, 2.05) is 23.5 Å². The number of aryl methyl sites for hydroxylation is 1. The monoisotopic (exact) mass is 386 g/mol. The van der Waals surface area contributed by atoms with Crippen molar-refractivity contribution in [3.63, 3.8) is 0 Å². The zero-order chi connectivity index (χ0) is 11.5. The van der Waals surface area contributed by atoms with Crippen LogP contribution in [0.3, 0.4) is 0 Å². The fourth-order valence-electron chi connectivity index (χ4n) is 1.50. The lowest BCUT2D eigenvalue weighted by Gasteiger charge is -2.20. The molecule has 16 heavy (non-hydrogen) atoms. The van der Waals surface area contributed by atoms with Gasteiger partial charge in [0.25, 0.3) is 0 Å². The van der Waals surface area contributed by atoms with Crippen molar-refractivity contribution in [2.24, 2.45) is 0 Å². The quantitative estimate of drug-likeness (QED) is 0.570. The Morgan fingerprint density at radius 1 is 1.44 bits per heavy atom. The molecule has 0 N–H and O–H groups in total. The summed E-state index contributed by atoms with van der Waals surface area (Å²) in [4.78, 5) is 9.06. The fourth-order valence-corrected chi connectivity index (χ4v) is 4.91. The van der Waals surface area contributed by atoms with E-state index in [-0.39, 0.29) is 0 Å². The van der Waals surface area contributed by atoms with Crippen molar-refractivity contribution in [2.45, 2.75) is 18.6 Å². The molecule has 1 aromatic heterocycles. The number of aromatic nitrogens is 2. The van der Waals surface area contributed by atoms with Gasteiger partial charge in [-0.1, -0.05) is 18.5 Å². The molecular weight excluding hydrogens is 375 g/mol. The van der Waals surface area contributed by atoms with Gasteiger partial charge >= 0.3 is 0 Å². The van der Waals surface area contributed by atoms with Gasteiger partial charge in [0.1, 0.15) is 11.0 Å². The SMILES string of the molecule is CCc1nc(C2CSCCS2)nc(Cl)c1I. The molecule has 2 nitrogen and oxygen atoms in total. The predicted octanol–water partition coefficient (Wildman–Crippen LogP) is 3.82. The molecule has 2 rings (SSSR count). The Kier molecular flexibility index (Phi) is 5.05. The van der Waals surface area contributed by atoms with E-state index in [1.54, 1.807) is 0 Å². The zero-order valence-corrected chi connectivity index (χ0v) is 13.4. The highest BCUT2D eigenvalue weighted by Crippen LogP contribution is 2.36. The Balaban J connectivity index is 2.29. The minimum Gasteiger partial charge on any atom is -0.235 e. The molecule has 0 saturated carbocycles. The first-order valence-corrected chi connectivity index (χ1v) is 8.79. The van der Waals surface area contributed by atoms with Crippen LogP contribution in [0.1, 0.15) is 23.7 Å². The predicted molar refractivity (Wildman–Crippen MR) is 81.7 cm³/mol. The first-order chi connectivity index (χ1) is 7.72. The standard InChI is InChI=1S/C10H12ClIN2S2/c1-2-6-8(12)9(11)14-10(13-6)7-5-15-3-4-16-7/h7H,2-5H2,1H3. The van der Waals surface area contributed by atoms with E-state index < -0.39 is 0 Å². The van der Waals surface area contributed by atoms with Crippen LogP contribution >= 0.6 is 57.7 Å². The summed E-state index contributed by atoms with van der Waals surface area (Å²) < 4.78 is 0.999. The molecule has 0 aliphatic carbocycles. The normalized spacial score (nSPS) is 21.1. The fraction of sp³-hybridized carbons (Fsp3) is 0.600. The molecular formula is C10H12ClIN2S2. The van der Waals surface area contributed by atoms with Gasteiger partial charge in [0.05, 0.1) is 14.5 Å². The summed E-state index contributed by atoms with van der Waals surface area (Å²) in [5.74, 6) is 4.44. The van der Waals surface area contributed by atoms with E-state index in [1.165, 1.54) is 11.5 Å². The largest absolute Gasteiger partial charge is 0.235 e. The number of nitrogens with zero attached hydrogens (tertiary/aromatic N) is 2. The Bertz CT molecular complexity index is 383. The summed E-state index contributed by atoms with van der Waals surface area (Å²) in [5, 5.41) is 1.03. The molecule has 88 valence electrons. The van der Waals surface area contributed by atoms with Crippen molar-refractivity contribution < 1.29 is 0 Å². The van der Waals surface area contributed by atoms with Crippen LogP contribution < -0.4 is 0 Å². The molecule has 1 aliphatic heterocycles. The van der Waals surface area contributed by atoms with Gasteiger partial charge in [-0.05, 0) is 29.0 Å². The Morgan fingerprint density at radius 3 is 2.88 bits per heavy atom. The molecule has 1 unspecified atom stereocenters. The molecule has 1 atom stereocenters. The zero-order valence-electron chi connectivity index (χ0n) is 8.87. The van der Waals surface area contributed by atoms with Gasteiger partial charge in [-0.15, -0.1) is 11.8 Å². The van der Waals surface area contributed by atoms with Gasteiger partial charge in [0, 0.05) is 17.3 Å². The minimum atomic E-state index is 0.415. The second-order valence-electron chi connectivity index (χ2n) is 3.42. The van der Waals surface area contributed by atoms with Crippen molar-refractivity contribution >= 4 is 57.7 Å². The maximum atomic E-state index is 6.14. The van der Waals surface area contributed by atoms with Crippen LogP contribution in [-0.2, 0) is 6.42 Å². The van der Waals surface area contributed by atoms with Gasteiger partial charge in [-0.25, -0.2) is 9.97 Å². The van der Waals surface area contributed by atoms with Crippen molar-refractivity contribution in [3.05, 3.63) is 20.2 Å². The van der Waals surface area contributed by atoms with Gasteiger partial charge < -0.3 is 0 Å². The van der Waals surface area contributed by atoms with Crippen molar-refractivity contribution in [1.82, 2.24) is 9.97 Å². The lowest BCUT2D eigenvalue weighted by Crippen LogP contribution is -2.12. The van der Waals surface area contributed by atoms with Crippen LogP contribution in [0.2, 0.25) is 5.15 Å². The molecule has 0 amide bonds. The van der Waals surface area contributed by atoms with E-state index in [0.717, 1.165) is 27.3 Å². The van der Waals surface area contributed by atoms with E-state index in [2.05, 4.69) is 39.5 Å². The summed E-state index contributed by atoms with van der Waals surface area (Å²) in [7, 11) is 0. The molecule has 1 aromatic rings. The Labute approximate surface area is 123 Å². The first kappa shape index (κ1) is 13.2. The molecule has 0 aromatic carbocycles. The first-order valence-electron chi connectivity index (χ1n) is 5.13. The second-order valence-corrected chi connectivity index (χ2v) is 7.32. The Morgan fingerprint density at radius 2 is 2.25 bits per heavy atom. The summed E-state index contributed by atoms with van der Waals surface area (Å²) in [6, 6.07) is 0. The van der Waals surface area contributed by atoms with Crippen LogP contribution in [0.4, 0.5) is 0 Å². The van der Waals surface area contributed by atoms with Gasteiger partial charge in [-0.3, -0.25) is 0 Å². The molecule has 6 heteroatoms. The third kappa shape index (κ3) is 2.97. The van der Waals surface area contributed by atoms with Gasteiger partial charge in [0.15, 0.2) is 0 Å². The van der Waals surface area contributed by atoms with E-state index >= 15 is 0 Å². The highest BCUT2D eigenvalue weighted by Gasteiger charge is 2.21. The number of hydrogen-bond donors (Lipinski definition) is 0.